The third kappa shape index (κ3) is 8.80. The molecule has 0 saturated carbocycles. The Balaban J connectivity index is 2.17. The van der Waals surface area contributed by atoms with Crippen molar-refractivity contribution in [3.63, 3.8) is 0 Å². The van der Waals surface area contributed by atoms with Crippen molar-refractivity contribution < 1.29 is 31.2 Å². The summed E-state index contributed by atoms with van der Waals surface area (Å²) in [5.74, 6) is -1.38. The van der Waals surface area contributed by atoms with Gasteiger partial charge in [-0.1, -0.05) is 66.0 Å². The molecule has 2 amide bonds. The Morgan fingerprint density at radius 3 is 2.09 bits per heavy atom. The van der Waals surface area contributed by atoms with E-state index < -0.39 is 62.4 Å². The first kappa shape index (κ1) is 35.5. The van der Waals surface area contributed by atoms with Gasteiger partial charge >= 0.3 is 6.18 Å². The van der Waals surface area contributed by atoms with Crippen LogP contribution in [0.3, 0.4) is 0 Å². The average Bonchev–Trinajstić information content (AvgIpc) is 2.92. The van der Waals surface area contributed by atoms with Crippen LogP contribution in [-0.2, 0) is 32.3 Å². The first-order valence-electron chi connectivity index (χ1n) is 13.3. The molecule has 0 bridgehead atoms. The summed E-state index contributed by atoms with van der Waals surface area (Å²) >= 11 is 18.2. The van der Waals surface area contributed by atoms with Crippen LogP contribution in [0.2, 0.25) is 15.1 Å². The summed E-state index contributed by atoms with van der Waals surface area (Å²) in [5, 5.41) is 2.71. The normalized spacial score (nSPS) is 12.9. The summed E-state index contributed by atoms with van der Waals surface area (Å²) in [6.45, 7) is 5.77. The quantitative estimate of drug-likeness (QED) is 0.237. The van der Waals surface area contributed by atoms with Gasteiger partial charge in [0.25, 0.3) is 10.0 Å². The molecular formula is C30H31Cl3F3N3O4S. The van der Waals surface area contributed by atoms with Crippen molar-refractivity contribution in [1.82, 2.24) is 10.2 Å². The van der Waals surface area contributed by atoms with Gasteiger partial charge in [0.05, 0.1) is 21.2 Å². The second-order valence-corrected chi connectivity index (χ2v) is 14.0. The molecule has 1 N–H and O–H groups in total. The molecule has 0 saturated heterocycles. The number of anilines is 1. The number of hydrogen-bond donors (Lipinski definition) is 1. The fourth-order valence-corrected chi connectivity index (χ4v) is 6.46. The highest BCUT2D eigenvalue weighted by Crippen LogP contribution is 2.38. The monoisotopic (exact) mass is 691 g/mol. The molecule has 7 nitrogen and oxygen atoms in total. The molecule has 0 aliphatic carbocycles. The molecule has 0 spiro atoms. The van der Waals surface area contributed by atoms with Crippen LogP contribution in [0.25, 0.3) is 0 Å². The van der Waals surface area contributed by atoms with Crippen LogP contribution in [0.15, 0.2) is 71.6 Å². The minimum Gasteiger partial charge on any atom is -0.350 e. The van der Waals surface area contributed by atoms with Gasteiger partial charge in [-0.3, -0.25) is 13.9 Å². The van der Waals surface area contributed by atoms with Crippen molar-refractivity contribution in [2.45, 2.75) is 63.3 Å². The Kier molecular flexibility index (Phi) is 11.3. The molecule has 0 unspecified atom stereocenters. The van der Waals surface area contributed by atoms with Crippen molar-refractivity contribution in [3.8, 4) is 0 Å². The summed E-state index contributed by atoms with van der Waals surface area (Å²) < 4.78 is 69.7. The Morgan fingerprint density at radius 1 is 0.909 bits per heavy atom. The Bertz CT molecular complexity index is 1620. The summed E-state index contributed by atoms with van der Waals surface area (Å²) in [6.07, 6.45) is -4.78. The van der Waals surface area contributed by atoms with Crippen molar-refractivity contribution in [2.24, 2.45) is 0 Å². The highest BCUT2D eigenvalue weighted by Gasteiger charge is 2.37. The van der Waals surface area contributed by atoms with Gasteiger partial charge in [-0.15, -0.1) is 0 Å². The number of benzene rings is 3. The van der Waals surface area contributed by atoms with Crippen LogP contribution in [-0.4, -0.2) is 43.3 Å². The van der Waals surface area contributed by atoms with Gasteiger partial charge < -0.3 is 10.2 Å². The number of carbonyl (C=O) groups is 2. The number of rotatable bonds is 10. The van der Waals surface area contributed by atoms with E-state index in [2.05, 4.69) is 5.32 Å². The SMILES string of the molecule is CC[C@@H](C(=O)NC(C)(C)C)N(Cc1ccc(Cl)cc1Cl)C(=O)CN(c1ccc(Cl)c(C(F)(F)F)c1)S(=O)(=O)c1ccccc1. The zero-order valence-corrected chi connectivity index (χ0v) is 27.3. The number of amides is 2. The Morgan fingerprint density at radius 2 is 1.55 bits per heavy atom. The molecule has 3 aromatic rings. The van der Waals surface area contributed by atoms with Crippen molar-refractivity contribution in [2.75, 3.05) is 10.8 Å². The third-order valence-corrected chi connectivity index (χ3v) is 9.10. The lowest BCUT2D eigenvalue weighted by Gasteiger charge is -2.35. The third-order valence-electron chi connectivity index (χ3n) is 6.39. The molecule has 0 radical (unpaired) electrons. The fraction of sp³-hybridized carbons (Fsp3) is 0.333. The number of hydrogen-bond acceptors (Lipinski definition) is 4. The molecule has 14 heteroatoms. The predicted octanol–water partition coefficient (Wildman–Crippen LogP) is 7.58. The molecule has 0 aliphatic rings. The van der Waals surface area contributed by atoms with Crippen molar-refractivity contribution in [1.29, 1.82) is 0 Å². The minimum atomic E-state index is -4.91. The van der Waals surface area contributed by atoms with Crippen LogP contribution in [0.1, 0.15) is 45.2 Å². The van der Waals surface area contributed by atoms with E-state index >= 15 is 0 Å². The summed E-state index contributed by atoms with van der Waals surface area (Å²) in [6, 6.07) is 13.0. The number of carbonyl (C=O) groups excluding carboxylic acids is 2. The van der Waals surface area contributed by atoms with Crippen LogP contribution in [0.4, 0.5) is 18.9 Å². The summed E-state index contributed by atoms with van der Waals surface area (Å²) in [7, 11) is -4.59. The number of sulfonamides is 1. The number of nitrogens with zero attached hydrogens (tertiary/aromatic N) is 2. The predicted molar refractivity (Wildman–Crippen MR) is 166 cm³/mol. The van der Waals surface area contributed by atoms with Gasteiger partial charge in [-0.05, 0) is 75.2 Å². The van der Waals surface area contributed by atoms with Crippen LogP contribution < -0.4 is 9.62 Å². The maximum Gasteiger partial charge on any atom is 0.417 e. The zero-order valence-electron chi connectivity index (χ0n) is 24.3. The van der Waals surface area contributed by atoms with Gasteiger partial charge in [0, 0.05) is 22.1 Å². The lowest BCUT2D eigenvalue weighted by molar-refractivity contribution is -0.141. The van der Waals surface area contributed by atoms with Gasteiger partial charge in [0.1, 0.15) is 12.6 Å². The van der Waals surface area contributed by atoms with Gasteiger partial charge in [0.15, 0.2) is 0 Å². The van der Waals surface area contributed by atoms with Crippen molar-refractivity contribution >= 4 is 62.3 Å². The first-order chi connectivity index (χ1) is 20.3. The van der Waals surface area contributed by atoms with E-state index in [9.17, 15) is 31.2 Å². The maximum atomic E-state index is 14.1. The van der Waals surface area contributed by atoms with Crippen LogP contribution in [0.5, 0.6) is 0 Å². The van der Waals surface area contributed by atoms with Crippen LogP contribution in [0, 0.1) is 0 Å². The minimum absolute atomic E-state index is 0.128. The summed E-state index contributed by atoms with van der Waals surface area (Å²) in [5.41, 5.74) is -1.99. The molecule has 0 aromatic heterocycles. The second kappa shape index (κ2) is 14.0. The fourth-order valence-electron chi connectivity index (χ4n) is 4.34. The molecule has 238 valence electrons. The van der Waals surface area contributed by atoms with E-state index in [4.69, 9.17) is 34.8 Å². The first-order valence-corrected chi connectivity index (χ1v) is 15.9. The van der Waals surface area contributed by atoms with E-state index in [0.29, 0.717) is 21.0 Å². The largest absolute Gasteiger partial charge is 0.417 e. The number of alkyl halides is 3. The van der Waals surface area contributed by atoms with E-state index in [1.54, 1.807) is 45.9 Å². The lowest BCUT2D eigenvalue weighted by Crippen LogP contribution is -2.55. The highest BCUT2D eigenvalue weighted by atomic mass is 35.5. The Hall–Kier alpha value is -2.99. The van der Waals surface area contributed by atoms with Crippen LogP contribution >= 0.6 is 34.8 Å². The topological polar surface area (TPSA) is 86.8 Å². The molecular weight excluding hydrogens is 662 g/mol. The zero-order chi connectivity index (χ0) is 33.0. The number of halogens is 6. The van der Waals surface area contributed by atoms with Crippen molar-refractivity contribution in [3.05, 3.63) is 92.9 Å². The highest BCUT2D eigenvalue weighted by molar-refractivity contribution is 7.92. The Labute approximate surface area is 269 Å². The molecule has 0 aliphatic heterocycles. The molecule has 0 heterocycles. The number of nitrogens with one attached hydrogen (secondary N) is 1. The van der Waals surface area contributed by atoms with E-state index in [-0.39, 0.29) is 22.9 Å². The van der Waals surface area contributed by atoms with Gasteiger partial charge in [-0.2, -0.15) is 13.2 Å². The molecule has 1 atom stereocenters. The van der Waals surface area contributed by atoms with Gasteiger partial charge in [-0.25, -0.2) is 8.42 Å². The molecule has 3 aromatic carbocycles. The second-order valence-electron chi connectivity index (χ2n) is 10.9. The molecule has 0 fully saturated rings. The molecule has 3 rings (SSSR count). The van der Waals surface area contributed by atoms with E-state index in [0.717, 1.165) is 17.0 Å². The standard InChI is InChI=1S/C30H31Cl3F3N3O4S/c1-5-26(28(41)37-29(2,3)4)38(17-19-11-12-20(31)15-25(19)33)27(40)18-39(44(42,43)22-9-7-6-8-10-22)21-13-14-24(32)23(16-21)30(34,35)36/h6-16,26H,5,17-18H2,1-4H3,(H,37,41)/t26-/m0/s1. The average molecular weight is 693 g/mol. The maximum absolute atomic E-state index is 14.1. The summed E-state index contributed by atoms with van der Waals surface area (Å²) in [4.78, 5) is 28.4. The van der Waals surface area contributed by atoms with E-state index in [1.807, 2.05) is 0 Å². The smallest absolute Gasteiger partial charge is 0.350 e. The van der Waals surface area contributed by atoms with E-state index in [1.165, 1.54) is 30.3 Å². The van der Waals surface area contributed by atoms with Gasteiger partial charge in [0.2, 0.25) is 11.8 Å². The lowest BCUT2D eigenvalue weighted by atomic mass is 10.1. The molecule has 44 heavy (non-hydrogen) atoms.